The van der Waals surface area contributed by atoms with Crippen LogP contribution >= 0.6 is 0 Å². The number of nitrogens with zero attached hydrogens (tertiary/aromatic N) is 2. The van der Waals surface area contributed by atoms with Crippen LogP contribution in [-0.4, -0.2) is 59.2 Å². The average Bonchev–Trinajstić information content (AvgIpc) is 2.90. The van der Waals surface area contributed by atoms with Crippen LogP contribution in [0.1, 0.15) is 18.4 Å². The average molecular weight is 307 g/mol. The third-order valence-electron chi connectivity index (χ3n) is 3.95. The number of amides is 1. The minimum Gasteiger partial charge on any atom is -0.480 e. The summed E-state index contributed by atoms with van der Waals surface area (Å²) < 4.78 is 5.07. The van der Waals surface area contributed by atoms with Gasteiger partial charge in [-0.25, -0.2) is 0 Å². The molecule has 2 rings (SSSR count). The predicted octanol–water partition coefficient (Wildman–Crippen LogP) is 0.263. The molecular weight excluding hydrogens is 286 g/mol. The number of rotatable bonds is 7. The summed E-state index contributed by atoms with van der Waals surface area (Å²) in [5.41, 5.74) is -0.195. The van der Waals surface area contributed by atoms with Gasteiger partial charge < -0.3 is 15.2 Å². The Hall–Kier alpha value is -1.99. The van der Waals surface area contributed by atoms with Crippen molar-refractivity contribution in [1.82, 2.24) is 15.2 Å². The molecular formula is C15H21N3O4. The number of likely N-dealkylation sites (tertiary alicyclic amines) is 1. The Morgan fingerprint density at radius 1 is 1.55 bits per heavy atom. The second-order valence-corrected chi connectivity index (χ2v) is 5.43. The minimum absolute atomic E-state index is 0.0515. The maximum absolute atomic E-state index is 12.1. The van der Waals surface area contributed by atoms with Crippen LogP contribution in [0.5, 0.6) is 0 Å². The number of hydrogen-bond acceptors (Lipinski definition) is 5. The van der Waals surface area contributed by atoms with Crippen molar-refractivity contribution in [2.24, 2.45) is 0 Å². The highest BCUT2D eigenvalue weighted by Crippen LogP contribution is 2.29. The first kappa shape index (κ1) is 16.4. The number of carboxylic acids is 1. The Morgan fingerprint density at radius 3 is 3.00 bits per heavy atom. The number of nitrogens with one attached hydrogen (secondary N) is 1. The fourth-order valence-electron chi connectivity index (χ4n) is 2.80. The molecule has 0 saturated carbocycles. The molecule has 0 aliphatic carbocycles. The Kier molecular flexibility index (Phi) is 5.46. The standard InChI is InChI=1S/C15H21N3O4/c1-22-11-15(14(20)21)5-3-7-18(15)10-13(19)17-9-12-4-2-6-16-8-12/h2,4,6,8H,3,5,7,9-11H2,1H3,(H,17,19)(H,20,21). The topological polar surface area (TPSA) is 91.8 Å². The van der Waals surface area contributed by atoms with E-state index in [0.29, 0.717) is 19.5 Å². The summed E-state index contributed by atoms with van der Waals surface area (Å²) in [4.78, 5) is 29.4. The van der Waals surface area contributed by atoms with E-state index in [0.717, 1.165) is 12.0 Å². The summed E-state index contributed by atoms with van der Waals surface area (Å²) in [6.07, 6.45) is 4.59. The number of pyridine rings is 1. The highest BCUT2D eigenvalue weighted by atomic mass is 16.5. The fourth-order valence-corrected chi connectivity index (χ4v) is 2.80. The van der Waals surface area contributed by atoms with Crippen molar-refractivity contribution in [2.45, 2.75) is 24.9 Å². The summed E-state index contributed by atoms with van der Waals surface area (Å²) >= 11 is 0. The fraction of sp³-hybridized carbons (Fsp3) is 0.533. The number of aliphatic carboxylic acids is 1. The molecule has 0 bridgehead atoms. The van der Waals surface area contributed by atoms with Crippen molar-refractivity contribution < 1.29 is 19.4 Å². The highest BCUT2D eigenvalue weighted by molar-refractivity contribution is 5.82. The van der Waals surface area contributed by atoms with Crippen LogP contribution in [0.2, 0.25) is 0 Å². The minimum atomic E-state index is -1.10. The number of carbonyl (C=O) groups excluding carboxylic acids is 1. The van der Waals surface area contributed by atoms with Crippen LogP contribution < -0.4 is 5.32 Å². The zero-order valence-corrected chi connectivity index (χ0v) is 12.6. The molecule has 1 atom stereocenters. The molecule has 2 N–H and O–H groups in total. The molecule has 2 heterocycles. The summed E-state index contributed by atoms with van der Waals surface area (Å²) in [7, 11) is 1.48. The first-order valence-corrected chi connectivity index (χ1v) is 7.21. The van der Waals surface area contributed by atoms with Gasteiger partial charge in [-0.05, 0) is 31.0 Å². The highest BCUT2D eigenvalue weighted by Gasteiger charge is 2.48. The van der Waals surface area contributed by atoms with Crippen molar-refractivity contribution in [3.05, 3.63) is 30.1 Å². The molecule has 1 aromatic heterocycles. The van der Waals surface area contributed by atoms with Gasteiger partial charge in [0.05, 0.1) is 13.2 Å². The maximum Gasteiger partial charge on any atom is 0.326 e. The normalized spacial score (nSPS) is 21.7. The molecule has 22 heavy (non-hydrogen) atoms. The van der Waals surface area contributed by atoms with Gasteiger partial charge in [0.15, 0.2) is 0 Å². The molecule has 7 heteroatoms. The quantitative estimate of drug-likeness (QED) is 0.751. The zero-order chi connectivity index (χ0) is 16.0. The van der Waals surface area contributed by atoms with E-state index in [1.165, 1.54) is 7.11 Å². The van der Waals surface area contributed by atoms with Crippen LogP contribution in [0.25, 0.3) is 0 Å². The summed E-state index contributed by atoms with van der Waals surface area (Å²) in [5, 5.41) is 12.3. The van der Waals surface area contributed by atoms with Crippen molar-refractivity contribution in [2.75, 3.05) is 26.8 Å². The van der Waals surface area contributed by atoms with E-state index in [4.69, 9.17) is 4.74 Å². The largest absolute Gasteiger partial charge is 0.480 e. The van der Waals surface area contributed by atoms with Gasteiger partial charge in [0.1, 0.15) is 5.54 Å². The zero-order valence-electron chi connectivity index (χ0n) is 12.6. The molecule has 120 valence electrons. The molecule has 1 amide bonds. The molecule has 1 fully saturated rings. The van der Waals surface area contributed by atoms with Crippen LogP contribution in [0.4, 0.5) is 0 Å². The summed E-state index contributed by atoms with van der Waals surface area (Å²) in [6.45, 7) is 1.09. The first-order valence-electron chi connectivity index (χ1n) is 7.21. The van der Waals surface area contributed by atoms with Crippen molar-refractivity contribution in [1.29, 1.82) is 0 Å². The number of methoxy groups -OCH3 is 1. The third-order valence-corrected chi connectivity index (χ3v) is 3.95. The van der Waals surface area contributed by atoms with Crippen molar-refractivity contribution in [3.63, 3.8) is 0 Å². The predicted molar refractivity (Wildman–Crippen MR) is 79.1 cm³/mol. The number of carbonyl (C=O) groups is 2. The monoisotopic (exact) mass is 307 g/mol. The molecule has 0 radical (unpaired) electrons. The molecule has 1 aromatic rings. The summed E-state index contributed by atoms with van der Waals surface area (Å²) in [6, 6.07) is 3.67. The van der Waals surface area contributed by atoms with Crippen molar-refractivity contribution in [3.8, 4) is 0 Å². The Labute approximate surface area is 129 Å². The summed E-state index contributed by atoms with van der Waals surface area (Å²) in [5.74, 6) is -1.14. The second-order valence-electron chi connectivity index (χ2n) is 5.43. The number of hydrogen-bond donors (Lipinski definition) is 2. The van der Waals surface area contributed by atoms with Gasteiger partial charge in [-0.3, -0.25) is 19.5 Å². The van der Waals surface area contributed by atoms with E-state index in [1.54, 1.807) is 23.4 Å². The van der Waals surface area contributed by atoms with Crippen LogP contribution in [0.15, 0.2) is 24.5 Å². The number of aromatic nitrogens is 1. The molecule has 1 unspecified atom stereocenters. The number of carboxylic acid groups (broad SMARTS) is 1. The molecule has 1 saturated heterocycles. The van der Waals surface area contributed by atoms with Gasteiger partial charge in [-0.1, -0.05) is 6.07 Å². The lowest BCUT2D eigenvalue weighted by Gasteiger charge is -2.33. The SMILES string of the molecule is COCC1(C(=O)O)CCCN1CC(=O)NCc1cccnc1. The van der Waals surface area contributed by atoms with Gasteiger partial charge in [-0.2, -0.15) is 0 Å². The lowest BCUT2D eigenvalue weighted by Crippen LogP contribution is -2.56. The Morgan fingerprint density at radius 2 is 2.36 bits per heavy atom. The van der Waals surface area contributed by atoms with Gasteiger partial charge in [0.25, 0.3) is 0 Å². The Bertz CT molecular complexity index is 523. The van der Waals surface area contributed by atoms with Gasteiger partial charge >= 0.3 is 5.97 Å². The smallest absolute Gasteiger partial charge is 0.326 e. The molecule has 7 nitrogen and oxygen atoms in total. The maximum atomic E-state index is 12.1. The lowest BCUT2D eigenvalue weighted by atomic mass is 9.97. The lowest BCUT2D eigenvalue weighted by molar-refractivity contribution is -0.154. The van der Waals surface area contributed by atoms with Crippen LogP contribution in [0, 0.1) is 0 Å². The molecule has 1 aliphatic rings. The van der Waals surface area contributed by atoms with Gasteiger partial charge in [-0.15, -0.1) is 0 Å². The molecule has 0 aromatic carbocycles. The molecule has 1 aliphatic heterocycles. The van der Waals surface area contributed by atoms with Crippen LogP contribution in [-0.2, 0) is 20.9 Å². The van der Waals surface area contributed by atoms with E-state index in [2.05, 4.69) is 10.3 Å². The Balaban J connectivity index is 1.93. The van der Waals surface area contributed by atoms with E-state index >= 15 is 0 Å². The second kappa shape index (κ2) is 7.33. The van der Waals surface area contributed by atoms with E-state index in [-0.39, 0.29) is 19.1 Å². The molecule has 0 spiro atoms. The third kappa shape index (κ3) is 3.61. The van der Waals surface area contributed by atoms with Crippen molar-refractivity contribution >= 4 is 11.9 Å². The van der Waals surface area contributed by atoms with Crippen LogP contribution in [0.3, 0.4) is 0 Å². The van der Waals surface area contributed by atoms with E-state index < -0.39 is 11.5 Å². The van der Waals surface area contributed by atoms with E-state index in [9.17, 15) is 14.7 Å². The van der Waals surface area contributed by atoms with E-state index in [1.807, 2.05) is 6.07 Å². The number of ether oxygens (including phenoxy) is 1. The van der Waals surface area contributed by atoms with Gasteiger partial charge in [0.2, 0.25) is 5.91 Å². The first-order chi connectivity index (χ1) is 10.6. The van der Waals surface area contributed by atoms with Gasteiger partial charge in [0, 0.05) is 26.0 Å².